The van der Waals surface area contributed by atoms with Gasteiger partial charge in [0.1, 0.15) is 12.1 Å². The van der Waals surface area contributed by atoms with Crippen LogP contribution in [0.1, 0.15) is 47.4 Å². The van der Waals surface area contributed by atoms with Gasteiger partial charge in [-0.25, -0.2) is 19.7 Å². The van der Waals surface area contributed by atoms with Crippen LogP contribution in [0.5, 0.6) is 0 Å². The largest absolute Gasteiger partial charge is 0.480 e. The van der Waals surface area contributed by atoms with Crippen molar-refractivity contribution in [2.24, 2.45) is 5.73 Å². The summed E-state index contributed by atoms with van der Waals surface area (Å²) in [4.78, 5) is 78.5. The Morgan fingerprint density at radius 1 is 1.00 bits per heavy atom. The molecule has 0 aliphatic heterocycles. The van der Waals surface area contributed by atoms with Gasteiger partial charge in [-0.15, -0.1) is 0 Å². The molecule has 248 valence electrons. The monoisotopic (exact) mass is 649 g/mol. The molecule has 0 bridgehead atoms. The van der Waals surface area contributed by atoms with Gasteiger partial charge < -0.3 is 42.2 Å². The molecular formula is C29H35N11O7. The SMILES string of the molecule is Nc1nc2ncc(CNc3ccc(C(=O)NC(CCC(=O)NCCCCn4cnc(CC(N)C(=O)O)c4)C(=O)O)cc3)nc2c(=O)[nH]1. The van der Waals surface area contributed by atoms with Crippen LogP contribution in [-0.4, -0.2) is 82.1 Å². The number of aromatic nitrogens is 6. The summed E-state index contributed by atoms with van der Waals surface area (Å²) in [6.45, 7) is 1.22. The number of anilines is 2. The van der Waals surface area contributed by atoms with Gasteiger partial charge in [-0.3, -0.25) is 24.2 Å². The fourth-order valence-electron chi connectivity index (χ4n) is 4.44. The van der Waals surface area contributed by atoms with Gasteiger partial charge in [-0.1, -0.05) is 0 Å². The first kappa shape index (κ1) is 34.0. The molecule has 3 aromatic heterocycles. The van der Waals surface area contributed by atoms with Crippen molar-refractivity contribution in [3.63, 3.8) is 0 Å². The summed E-state index contributed by atoms with van der Waals surface area (Å²) in [5, 5.41) is 26.8. The molecule has 18 nitrogen and oxygen atoms in total. The van der Waals surface area contributed by atoms with Gasteiger partial charge in [0, 0.05) is 43.4 Å². The molecule has 10 N–H and O–H groups in total. The lowest BCUT2D eigenvalue weighted by Gasteiger charge is -2.15. The molecule has 18 heteroatoms. The van der Waals surface area contributed by atoms with Gasteiger partial charge in [0.15, 0.2) is 11.2 Å². The van der Waals surface area contributed by atoms with Gasteiger partial charge in [0.25, 0.3) is 11.5 Å². The molecule has 0 spiro atoms. The number of fused-ring (bicyclic) bond motifs is 1. The van der Waals surface area contributed by atoms with E-state index in [-0.39, 0.29) is 54.4 Å². The lowest BCUT2D eigenvalue weighted by Crippen LogP contribution is -2.41. The van der Waals surface area contributed by atoms with Crippen molar-refractivity contribution in [3.05, 3.63) is 70.3 Å². The molecule has 4 aromatic rings. The average molecular weight is 650 g/mol. The molecule has 0 radical (unpaired) electrons. The molecule has 47 heavy (non-hydrogen) atoms. The standard InChI is InChI=1S/C29H35N11O7/c30-20(27(44)45)11-18-14-40(15-35-18)10-2-1-9-32-22(41)8-7-21(28(46)47)37-25(42)16-3-5-17(6-4-16)33-12-19-13-34-24-23(36-19)26(43)39-29(31)38-24/h3-6,13-15,20-21,33H,1-2,7-12,30H2,(H,32,41)(H,37,42)(H,44,45)(H,46,47)(H3,31,34,38,39,43). The number of carbonyl (C=O) groups excluding carboxylic acids is 2. The van der Waals surface area contributed by atoms with Crippen molar-refractivity contribution >= 4 is 46.6 Å². The van der Waals surface area contributed by atoms with Crippen molar-refractivity contribution in [2.45, 2.75) is 57.3 Å². The second-order valence-corrected chi connectivity index (χ2v) is 10.6. The Bertz CT molecular complexity index is 1790. The van der Waals surface area contributed by atoms with Crippen molar-refractivity contribution in [2.75, 3.05) is 17.6 Å². The van der Waals surface area contributed by atoms with E-state index < -0.39 is 35.5 Å². The first-order chi connectivity index (χ1) is 22.5. The molecule has 0 fully saturated rings. The number of aryl methyl sites for hydroxylation is 1. The number of amides is 2. The second-order valence-electron chi connectivity index (χ2n) is 10.6. The van der Waals surface area contributed by atoms with Gasteiger partial charge in [-0.05, 0) is 43.5 Å². The number of hydrogen-bond donors (Lipinski definition) is 8. The molecule has 4 rings (SSSR count). The molecular weight excluding hydrogens is 614 g/mol. The smallest absolute Gasteiger partial charge is 0.326 e. The van der Waals surface area contributed by atoms with Crippen molar-refractivity contribution in [1.82, 2.24) is 40.1 Å². The zero-order chi connectivity index (χ0) is 33.9. The highest BCUT2D eigenvalue weighted by Gasteiger charge is 2.22. The Kier molecular flexibility index (Phi) is 11.5. The molecule has 2 unspecified atom stereocenters. The first-order valence-electron chi connectivity index (χ1n) is 14.6. The number of aliphatic carboxylic acids is 2. The van der Waals surface area contributed by atoms with Crippen LogP contribution in [-0.2, 0) is 33.9 Å². The summed E-state index contributed by atoms with van der Waals surface area (Å²) in [6.07, 6.45) is 6.09. The molecule has 2 amide bonds. The summed E-state index contributed by atoms with van der Waals surface area (Å²) in [5.74, 6) is -3.36. The highest BCUT2D eigenvalue weighted by atomic mass is 16.4. The van der Waals surface area contributed by atoms with Crippen LogP contribution in [0.4, 0.5) is 11.6 Å². The third kappa shape index (κ3) is 10.0. The Morgan fingerprint density at radius 3 is 2.49 bits per heavy atom. The Hall–Kier alpha value is -5.91. The minimum Gasteiger partial charge on any atom is -0.480 e. The van der Waals surface area contributed by atoms with Crippen LogP contribution in [0.25, 0.3) is 11.2 Å². The zero-order valence-corrected chi connectivity index (χ0v) is 25.2. The number of benzene rings is 1. The van der Waals surface area contributed by atoms with Gasteiger partial charge in [0.2, 0.25) is 11.9 Å². The van der Waals surface area contributed by atoms with Crippen molar-refractivity contribution in [3.8, 4) is 0 Å². The lowest BCUT2D eigenvalue weighted by atomic mass is 10.1. The number of carboxylic acid groups (broad SMARTS) is 2. The number of nitrogens with zero attached hydrogens (tertiary/aromatic N) is 5. The number of nitrogens with one attached hydrogen (secondary N) is 4. The number of unbranched alkanes of at least 4 members (excludes halogenated alkanes) is 1. The number of nitrogen functional groups attached to an aromatic ring is 1. The number of rotatable bonds is 17. The van der Waals surface area contributed by atoms with E-state index in [2.05, 4.69) is 40.9 Å². The fourth-order valence-corrected chi connectivity index (χ4v) is 4.44. The molecule has 0 saturated carbocycles. The van der Waals surface area contributed by atoms with Crippen molar-refractivity contribution < 1.29 is 29.4 Å². The van der Waals surface area contributed by atoms with Crippen LogP contribution in [0.3, 0.4) is 0 Å². The number of aromatic amines is 1. The number of hydrogen-bond acceptors (Lipinski definition) is 12. The van der Waals surface area contributed by atoms with E-state index in [1.807, 2.05) is 4.57 Å². The van der Waals surface area contributed by atoms with Crippen molar-refractivity contribution in [1.29, 1.82) is 0 Å². The number of carbonyl (C=O) groups is 4. The molecule has 3 heterocycles. The maximum Gasteiger partial charge on any atom is 0.326 e. The number of H-pyrrole nitrogens is 1. The molecule has 0 aliphatic carbocycles. The summed E-state index contributed by atoms with van der Waals surface area (Å²) in [6, 6.07) is 4.00. The minimum absolute atomic E-state index is 0.0520. The van der Waals surface area contributed by atoms with Crippen LogP contribution in [0.2, 0.25) is 0 Å². The van der Waals surface area contributed by atoms with E-state index in [9.17, 15) is 29.1 Å². The predicted molar refractivity (Wildman–Crippen MR) is 168 cm³/mol. The second kappa shape index (κ2) is 15.9. The van der Waals surface area contributed by atoms with Gasteiger partial charge >= 0.3 is 11.9 Å². The van der Waals surface area contributed by atoms with E-state index in [0.717, 1.165) is 6.42 Å². The first-order valence-corrected chi connectivity index (χ1v) is 14.6. The quantitative estimate of drug-likeness (QED) is 0.0677. The fraction of sp³-hybridized carbons (Fsp3) is 0.345. The van der Waals surface area contributed by atoms with Gasteiger partial charge in [-0.2, -0.15) is 4.98 Å². The van der Waals surface area contributed by atoms with E-state index in [4.69, 9.17) is 16.6 Å². The topological polar surface area (TPSA) is 286 Å². The summed E-state index contributed by atoms with van der Waals surface area (Å²) >= 11 is 0. The number of carboxylic acids is 2. The summed E-state index contributed by atoms with van der Waals surface area (Å²) in [5.41, 5.74) is 12.6. The molecule has 1 aromatic carbocycles. The highest BCUT2D eigenvalue weighted by Crippen LogP contribution is 2.12. The minimum atomic E-state index is -1.27. The summed E-state index contributed by atoms with van der Waals surface area (Å²) < 4.78 is 1.82. The van der Waals surface area contributed by atoms with E-state index >= 15 is 0 Å². The molecule has 2 atom stereocenters. The maximum atomic E-state index is 12.7. The lowest BCUT2D eigenvalue weighted by molar-refractivity contribution is -0.140. The van der Waals surface area contributed by atoms with Crippen LogP contribution in [0.15, 0.2) is 47.8 Å². The van der Waals surface area contributed by atoms with Gasteiger partial charge in [0.05, 0.1) is 30.5 Å². The normalized spacial score (nSPS) is 12.3. The predicted octanol–water partition coefficient (Wildman–Crippen LogP) is -0.382. The average Bonchev–Trinajstić information content (AvgIpc) is 3.48. The molecule has 0 saturated heterocycles. The Labute approximate surface area is 267 Å². The maximum absolute atomic E-state index is 12.7. The van der Waals surface area contributed by atoms with Crippen LogP contribution >= 0.6 is 0 Å². The van der Waals surface area contributed by atoms with E-state index in [0.29, 0.717) is 36.6 Å². The zero-order valence-electron chi connectivity index (χ0n) is 25.2. The third-order valence-electron chi connectivity index (χ3n) is 6.97. The Morgan fingerprint density at radius 2 is 1.77 bits per heavy atom. The van der Waals surface area contributed by atoms with E-state index in [1.54, 1.807) is 24.7 Å². The summed E-state index contributed by atoms with van der Waals surface area (Å²) in [7, 11) is 0. The van der Waals surface area contributed by atoms with E-state index in [1.165, 1.54) is 18.3 Å². The third-order valence-corrected chi connectivity index (χ3v) is 6.97. The highest BCUT2D eigenvalue weighted by molar-refractivity contribution is 5.97. The Balaban J connectivity index is 1.16. The van der Waals surface area contributed by atoms with Crippen LogP contribution in [0, 0.1) is 0 Å². The van der Waals surface area contributed by atoms with Crippen LogP contribution < -0.4 is 33.0 Å². The molecule has 0 aliphatic rings. The number of imidazole rings is 1. The number of nitrogens with two attached hydrogens (primary N) is 2.